The van der Waals surface area contributed by atoms with Gasteiger partial charge in [0.1, 0.15) is 0 Å². The Kier molecular flexibility index (Phi) is 9.83. The number of nitrogens with one attached hydrogen (secondary N) is 1. The SMILES string of the molecule is CCCC=CC(O)C(CC)NC(=O)CCCC. The summed E-state index contributed by atoms with van der Waals surface area (Å²) in [6.45, 7) is 6.13. The van der Waals surface area contributed by atoms with Crippen LogP contribution in [0.5, 0.6) is 0 Å². The summed E-state index contributed by atoms with van der Waals surface area (Å²) in [5.74, 6) is 0.0432. The molecule has 0 fully saturated rings. The maximum Gasteiger partial charge on any atom is 0.220 e. The number of hydrogen-bond donors (Lipinski definition) is 2. The van der Waals surface area contributed by atoms with Gasteiger partial charge >= 0.3 is 0 Å². The average Bonchev–Trinajstić information content (AvgIpc) is 2.33. The summed E-state index contributed by atoms with van der Waals surface area (Å²) in [6.07, 6.45) is 8.46. The minimum atomic E-state index is -0.572. The van der Waals surface area contributed by atoms with Gasteiger partial charge in [0.2, 0.25) is 5.91 Å². The molecule has 0 heterocycles. The number of allylic oxidation sites excluding steroid dienone is 1. The number of hydrogen-bond acceptors (Lipinski definition) is 2. The van der Waals surface area contributed by atoms with Crippen LogP contribution in [0.2, 0.25) is 0 Å². The van der Waals surface area contributed by atoms with E-state index in [2.05, 4.69) is 19.2 Å². The van der Waals surface area contributed by atoms with Crippen LogP contribution in [0, 0.1) is 0 Å². The first-order chi connectivity index (χ1) is 8.15. The van der Waals surface area contributed by atoms with Gasteiger partial charge in [-0.05, 0) is 19.3 Å². The summed E-state index contributed by atoms with van der Waals surface area (Å²) in [5, 5.41) is 12.8. The van der Waals surface area contributed by atoms with Gasteiger partial charge in [0.05, 0.1) is 12.1 Å². The molecular weight excluding hydrogens is 214 g/mol. The normalized spacial score (nSPS) is 14.8. The van der Waals surface area contributed by atoms with Crippen LogP contribution in [-0.2, 0) is 4.79 Å². The van der Waals surface area contributed by atoms with Crippen LogP contribution in [-0.4, -0.2) is 23.2 Å². The van der Waals surface area contributed by atoms with Crippen molar-refractivity contribution in [2.45, 2.75) is 71.4 Å². The van der Waals surface area contributed by atoms with Crippen molar-refractivity contribution in [3.63, 3.8) is 0 Å². The Morgan fingerprint density at radius 1 is 1.29 bits per heavy atom. The van der Waals surface area contributed by atoms with Crippen LogP contribution in [0.1, 0.15) is 59.3 Å². The third kappa shape index (κ3) is 7.97. The molecule has 100 valence electrons. The minimum Gasteiger partial charge on any atom is -0.387 e. The van der Waals surface area contributed by atoms with Crippen molar-refractivity contribution in [3.8, 4) is 0 Å². The highest BCUT2D eigenvalue weighted by molar-refractivity contribution is 5.76. The van der Waals surface area contributed by atoms with Crippen LogP contribution in [0.25, 0.3) is 0 Å². The topological polar surface area (TPSA) is 49.3 Å². The van der Waals surface area contributed by atoms with Gasteiger partial charge in [-0.2, -0.15) is 0 Å². The molecule has 0 bridgehead atoms. The summed E-state index contributed by atoms with van der Waals surface area (Å²) in [4.78, 5) is 11.6. The van der Waals surface area contributed by atoms with Gasteiger partial charge in [0.15, 0.2) is 0 Å². The second-order valence-corrected chi connectivity index (χ2v) is 4.39. The first kappa shape index (κ1) is 16.2. The van der Waals surface area contributed by atoms with E-state index in [9.17, 15) is 9.90 Å². The smallest absolute Gasteiger partial charge is 0.220 e. The lowest BCUT2D eigenvalue weighted by molar-refractivity contribution is -0.122. The number of carbonyl (C=O) groups is 1. The standard InChI is InChI=1S/C14H27NO2/c1-4-7-9-10-13(16)12(6-3)15-14(17)11-8-5-2/h9-10,12-13,16H,4-8,11H2,1-3H3,(H,15,17). The number of amides is 1. The van der Waals surface area contributed by atoms with Crippen molar-refractivity contribution in [1.29, 1.82) is 0 Å². The lowest BCUT2D eigenvalue weighted by atomic mass is 10.1. The Hall–Kier alpha value is -0.830. The number of carbonyl (C=O) groups excluding carboxylic acids is 1. The van der Waals surface area contributed by atoms with Gasteiger partial charge in [0.25, 0.3) is 0 Å². The molecule has 0 spiro atoms. The van der Waals surface area contributed by atoms with Crippen LogP contribution < -0.4 is 5.32 Å². The molecule has 0 aliphatic heterocycles. The molecule has 1 amide bonds. The van der Waals surface area contributed by atoms with Crippen LogP contribution >= 0.6 is 0 Å². The molecule has 0 aliphatic rings. The van der Waals surface area contributed by atoms with E-state index >= 15 is 0 Å². The predicted molar refractivity (Wildman–Crippen MR) is 71.8 cm³/mol. The Morgan fingerprint density at radius 2 is 2.00 bits per heavy atom. The van der Waals surface area contributed by atoms with Crippen LogP contribution in [0.3, 0.4) is 0 Å². The van der Waals surface area contributed by atoms with Gasteiger partial charge in [-0.1, -0.05) is 45.8 Å². The van der Waals surface area contributed by atoms with E-state index in [0.717, 1.165) is 32.1 Å². The molecule has 2 unspecified atom stereocenters. The summed E-state index contributed by atoms with van der Waals surface area (Å²) in [6, 6.07) is -0.160. The Balaban J connectivity index is 4.08. The molecule has 0 rings (SSSR count). The summed E-state index contributed by atoms with van der Waals surface area (Å²) < 4.78 is 0. The van der Waals surface area contributed by atoms with Gasteiger partial charge in [-0.25, -0.2) is 0 Å². The summed E-state index contributed by atoms with van der Waals surface area (Å²) in [7, 11) is 0. The van der Waals surface area contributed by atoms with Gasteiger partial charge in [-0.3, -0.25) is 4.79 Å². The van der Waals surface area contributed by atoms with Crippen LogP contribution in [0.4, 0.5) is 0 Å². The molecule has 0 saturated heterocycles. The Labute approximate surface area is 105 Å². The summed E-state index contributed by atoms with van der Waals surface area (Å²) in [5.41, 5.74) is 0. The molecule has 3 nitrogen and oxygen atoms in total. The zero-order valence-electron chi connectivity index (χ0n) is 11.4. The summed E-state index contributed by atoms with van der Waals surface area (Å²) >= 11 is 0. The highest BCUT2D eigenvalue weighted by Gasteiger charge is 2.16. The highest BCUT2D eigenvalue weighted by Crippen LogP contribution is 2.04. The maximum absolute atomic E-state index is 11.6. The fourth-order valence-corrected chi connectivity index (χ4v) is 1.58. The van der Waals surface area contributed by atoms with Crippen molar-refractivity contribution in [3.05, 3.63) is 12.2 Å². The van der Waals surface area contributed by atoms with Gasteiger partial charge < -0.3 is 10.4 Å². The van der Waals surface area contributed by atoms with Crippen molar-refractivity contribution < 1.29 is 9.90 Å². The second kappa shape index (κ2) is 10.3. The largest absolute Gasteiger partial charge is 0.387 e. The molecule has 0 aliphatic carbocycles. The predicted octanol–water partition coefficient (Wildman–Crippen LogP) is 2.79. The third-order valence-electron chi connectivity index (χ3n) is 2.74. The molecule has 2 N–H and O–H groups in total. The lowest BCUT2D eigenvalue weighted by Gasteiger charge is -2.20. The molecule has 3 heteroatoms. The number of unbranched alkanes of at least 4 members (excludes halogenated alkanes) is 2. The monoisotopic (exact) mass is 241 g/mol. The van der Waals surface area contributed by atoms with E-state index in [4.69, 9.17) is 0 Å². The molecule has 0 aromatic heterocycles. The molecule has 0 saturated carbocycles. The first-order valence-corrected chi connectivity index (χ1v) is 6.79. The number of aliphatic hydroxyl groups excluding tert-OH is 1. The van der Waals surface area contributed by atoms with E-state index in [-0.39, 0.29) is 11.9 Å². The first-order valence-electron chi connectivity index (χ1n) is 6.79. The van der Waals surface area contributed by atoms with E-state index in [0.29, 0.717) is 6.42 Å². The fraction of sp³-hybridized carbons (Fsp3) is 0.786. The highest BCUT2D eigenvalue weighted by atomic mass is 16.3. The molecule has 0 radical (unpaired) electrons. The zero-order valence-corrected chi connectivity index (χ0v) is 11.4. The minimum absolute atomic E-state index is 0.0432. The van der Waals surface area contributed by atoms with Gasteiger partial charge in [-0.15, -0.1) is 0 Å². The maximum atomic E-state index is 11.6. The van der Waals surface area contributed by atoms with Crippen molar-refractivity contribution in [2.75, 3.05) is 0 Å². The average molecular weight is 241 g/mol. The Morgan fingerprint density at radius 3 is 2.53 bits per heavy atom. The van der Waals surface area contributed by atoms with Crippen LogP contribution in [0.15, 0.2) is 12.2 Å². The second-order valence-electron chi connectivity index (χ2n) is 4.39. The zero-order chi connectivity index (χ0) is 13.1. The van der Waals surface area contributed by atoms with E-state index in [1.165, 1.54) is 0 Å². The van der Waals surface area contributed by atoms with E-state index < -0.39 is 6.10 Å². The third-order valence-corrected chi connectivity index (χ3v) is 2.74. The van der Waals surface area contributed by atoms with Crippen molar-refractivity contribution in [1.82, 2.24) is 5.32 Å². The van der Waals surface area contributed by atoms with Crippen molar-refractivity contribution in [2.24, 2.45) is 0 Å². The molecule has 0 aromatic rings. The van der Waals surface area contributed by atoms with E-state index in [1.807, 2.05) is 13.0 Å². The Bertz CT molecular complexity index is 226. The number of rotatable bonds is 9. The molecule has 17 heavy (non-hydrogen) atoms. The quantitative estimate of drug-likeness (QED) is 0.610. The molecular formula is C14H27NO2. The number of aliphatic hydroxyl groups is 1. The van der Waals surface area contributed by atoms with Crippen molar-refractivity contribution >= 4 is 5.91 Å². The molecule has 0 aromatic carbocycles. The molecule has 2 atom stereocenters. The van der Waals surface area contributed by atoms with E-state index in [1.54, 1.807) is 6.08 Å². The lowest BCUT2D eigenvalue weighted by Crippen LogP contribution is -2.42. The van der Waals surface area contributed by atoms with Gasteiger partial charge in [0, 0.05) is 6.42 Å². The fourth-order valence-electron chi connectivity index (χ4n) is 1.58.